The van der Waals surface area contributed by atoms with E-state index in [1.54, 1.807) is 14.1 Å². The van der Waals surface area contributed by atoms with Gasteiger partial charge in [0, 0.05) is 29.1 Å². The van der Waals surface area contributed by atoms with Crippen LogP contribution in [0.3, 0.4) is 0 Å². The van der Waals surface area contributed by atoms with Gasteiger partial charge in [-0.1, -0.05) is 25.4 Å². The fourth-order valence-corrected chi connectivity index (χ4v) is 6.80. The molecule has 0 saturated heterocycles. The Kier molecular flexibility index (Phi) is 7.63. The minimum atomic E-state index is -2.66. The first-order valence-electron chi connectivity index (χ1n) is 13.1. The van der Waals surface area contributed by atoms with E-state index in [-0.39, 0.29) is 35.8 Å². The smallest absolute Gasteiger partial charge is 0.255 e. The highest BCUT2D eigenvalue weighted by Gasteiger charge is 2.64. The number of hydrogen-bond acceptors (Lipinski definition) is 9. The van der Waals surface area contributed by atoms with Crippen LogP contribution in [0.5, 0.6) is 5.75 Å². The summed E-state index contributed by atoms with van der Waals surface area (Å²) >= 11 is 6.86. The van der Waals surface area contributed by atoms with Gasteiger partial charge in [0.2, 0.25) is 5.78 Å². The molecule has 0 radical (unpaired) electrons. The molecule has 1 saturated carbocycles. The number of carbonyl (C=O) groups is 3. The second-order valence-corrected chi connectivity index (χ2v) is 11.4. The van der Waals surface area contributed by atoms with Gasteiger partial charge in [0.1, 0.15) is 22.8 Å². The van der Waals surface area contributed by atoms with E-state index >= 15 is 0 Å². The fraction of sp³-hybridized carbons (Fsp3) is 0.536. The Hall–Kier alpha value is -2.92. The number of likely N-dealkylation sites (N-methyl/N-ethyl adjacent to an activating group) is 1. The zero-order chi connectivity index (χ0) is 29.1. The number of phenols is 1. The second kappa shape index (κ2) is 10.2. The van der Waals surface area contributed by atoms with Crippen LogP contribution in [0.1, 0.15) is 50.3 Å². The van der Waals surface area contributed by atoms with Crippen LogP contribution in [0.25, 0.3) is 5.76 Å². The number of Topliss-reactive ketones (excluding diaryl/α,β-unsaturated/α-hetero) is 2. The van der Waals surface area contributed by atoms with Crippen molar-refractivity contribution in [1.82, 2.24) is 9.80 Å². The molecule has 1 fully saturated rings. The van der Waals surface area contributed by atoms with Crippen molar-refractivity contribution in [3.8, 4) is 5.75 Å². The molecule has 39 heavy (non-hydrogen) atoms. The summed E-state index contributed by atoms with van der Waals surface area (Å²) in [6.45, 7) is 7.46. The van der Waals surface area contributed by atoms with Gasteiger partial charge in [-0.15, -0.1) is 0 Å². The number of nitrogens with zero attached hydrogens (tertiary/aromatic N) is 2. The molecule has 0 heterocycles. The minimum Gasteiger partial charge on any atom is -0.508 e. The summed E-state index contributed by atoms with van der Waals surface area (Å²) in [6.07, 6.45) is 1.10. The normalized spacial score (nSPS) is 27.6. The monoisotopic (exact) mass is 561 g/mol. The molecule has 11 heteroatoms. The topological polar surface area (TPSA) is 165 Å². The molecule has 0 spiro atoms. The van der Waals surface area contributed by atoms with Crippen molar-refractivity contribution in [3.05, 3.63) is 44.7 Å². The number of ketones is 2. The molecule has 6 N–H and O–H groups in total. The predicted octanol–water partition coefficient (Wildman–Crippen LogP) is 2.24. The van der Waals surface area contributed by atoms with Gasteiger partial charge in [0.05, 0.1) is 11.6 Å². The van der Waals surface area contributed by atoms with Crippen molar-refractivity contribution in [2.75, 3.05) is 20.6 Å². The molecule has 3 aliphatic carbocycles. The Morgan fingerprint density at radius 2 is 1.87 bits per heavy atom. The Morgan fingerprint density at radius 3 is 2.41 bits per heavy atom. The van der Waals surface area contributed by atoms with Gasteiger partial charge in [-0.2, -0.15) is 0 Å². The number of amides is 1. The van der Waals surface area contributed by atoms with E-state index in [1.807, 2.05) is 6.92 Å². The van der Waals surface area contributed by atoms with Crippen molar-refractivity contribution >= 4 is 34.8 Å². The molecular formula is C28H36ClN3O7. The lowest BCUT2D eigenvalue weighted by molar-refractivity contribution is -0.153. The maximum atomic E-state index is 13.9. The number of phenolic OH excluding ortho intramolecular Hbond substituents is 1. The third-order valence-corrected chi connectivity index (χ3v) is 9.19. The molecule has 0 bridgehead atoms. The molecule has 212 valence electrons. The summed E-state index contributed by atoms with van der Waals surface area (Å²) in [5, 5.41) is 45.3. The molecule has 5 atom stereocenters. The first kappa shape index (κ1) is 29.1. The van der Waals surface area contributed by atoms with Crippen LogP contribution in [-0.4, -0.2) is 86.0 Å². The maximum Gasteiger partial charge on any atom is 0.255 e. The number of aliphatic hydroxyl groups excluding tert-OH is 2. The van der Waals surface area contributed by atoms with Crippen LogP contribution in [0.4, 0.5) is 0 Å². The van der Waals surface area contributed by atoms with E-state index in [0.29, 0.717) is 22.7 Å². The van der Waals surface area contributed by atoms with E-state index in [9.17, 15) is 34.8 Å². The maximum absolute atomic E-state index is 13.9. The quantitative estimate of drug-likeness (QED) is 0.314. The molecule has 4 rings (SSSR count). The van der Waals surface area contributed by atoms with Crippen molar-refractivity contribution in [2.24, 2.45) is 17.6 Å². The van der Waals surface area contributed by atoms with Crippen LogP contribution in [0.2, 0.25) is 5.02 Å². The van der Waals surface area contributed by atoms with Gasteiger partial charge >= 0.3 is 0 Å². The van der Waals surface area contributed by atoms with Gasteiger partial charge in [-0.25, -0.2) is 0 Å². The lowest BCUT2D eigenvalue weighted by atomic mass is 9.57. The summed E-state index contributed by atoms with van der Waals surface area (Å²) in [5.41, 5.74) is 2.79. The number of halogens is 1. The van der Waals surface area contributed by atoms with Gasteiger partial charge < -0.3 is 26.2 Å². The Morgan fingerprint density at radius 1 is 1.23 bits per heavy atom. The number of rotatable bonds is 7. The number of carbonyl (C=O) groups excluding carboxylic acids is 3. The molecule has 1 amide bonds. The van der Waals surface area contributed by atoms with Crippen LogP contribution in [0, 0.1) is 11.8 Å². The van der Waals surface area contributed by atoms with Crippen molar-refractivity contribution in [1.29, 1.82) is 0 Å². The lowest BCUT2D eigenvalue weighted by Gasteiger charge is -2.50. The molecule has 0 aromatic heterocycles. The van der Waals surface area contributed by atoms with Crippen LogP contribution < -0.4 is 5.73 Å². The molecule has 10 nitrogen and oxygen atoms in total. The van der Waals surface area contributed by atoms with Gasteiger partial charge in [-0.3, -0.25) is 24.2 Å². The van der Waals surface area contributed by atoms with E-state index in [2.05, 4.69) is 18.7 Å². The molecule has 1 aromatic rings. The molecule has 0 aliphatic heterocycles. The van der Waals surface area contributed by atoms with E-state index in [4.69, 9.17) is 17.3 Å². The largest absolute Gasteiger partial charge is 0.508 e. The first-order valence-corrected chi connectivity index (χ1v) is 13.5. The number of aliphatic hydroxyl groups is 3. The first-order chi connectivity index (χ1) is 18.2. The zero-order valence-corrected chi connectivity index (χ0v) is 23.5. The van der Waals surface area contributed by atoms with E-state index in [0.717, 1.165) is 13.0 Å². The van der Waals surface area contributed by atoms with Crippen LogP contribution >= 0.6 is 11.6 Å². The summed E-state index contributed by atoms with van der Waals surface area (Å²) in [4.78, 5) is 42.8. The van der Waals surface area contributed by atoms with E-state index < -0.39 is 58.0 Å². The molecule has 1 unspecified atom stereocenters. The minimum absolute atomic E-state index is 0.00775. The number of benzene rings is 1. The van der Waals surface area contributed by atoms with Gasteiger partial charge in [0.15, 0.2) is 11.4 Å². The number of hydrogen-bond donors (Lipinski definition) is 5. The van der Waals surface area contributed by atoms with Gasteiger partial charge in [-0.05, 0) is 69.9 Å². The standard InChI is InChI=1S/C28H36ClN3O7/c1-6-12(3)32(7-2)11-14-10-17(33)19-15(21(14)29)8-13-9-16-22(31(4)5)24(35)20(27(30)38)26(37)28(16,39)25(36)18(13)23(19)34/h10,12-13,16,22,33-34,37,39H,6-9,11H2,1-5H3,(H2,30,38)/t12?,13-,16-,22-,28-/m0/s1. The van der Waals surface area contributed by atoms with E-state index in [1.165, 1.54) is 11.0 Å². The predicted molar refractivity (Wildman–Crippen MR) is 145 cm³/mol. The number of fused-ring (bicyclic) bond motifs is 3. The van der Waals surface area contributed by atoms with Gasteiger partial charge in [0.25, 0.3) is 5.91 Å². The summed E-state index contributed by atoms with van der Waals surface area (Å²) in [6, 6.07) is 0.611. The Labute approximate surface area is 232 Å². The fourth-order valence-electron chi connectivity index (χ4n) is 6.52. The summed E-state index contributed by atoms with van der Waals surface area (Å²) in [7, 11) is 3.12. The highest BCUT2D eigenvalue weighted by atomic mass is 35.5. The molecular weight excluding hydrogens is 526 g/mol. The number of aromatic hydroxyl groups is 1. The van der Waals surface area contributed by atoms with Crippen LogP contribution in [-0.2, 0) is 27.3 Å². The second-order valence-electron chi connectivity index (χ2n) is 11.0. The SMILES string of the molecule is CCC(C)N(CC)Cc1cc(O)c2c(c1Cl)C[C@H]1C[C@H]3[C@H](N(C)C)C(=O)C(C(N)=O)=C(O)[C@@]3(O)C(=O)C1=C2O. The highest BCUT2D eigenvalue weighted by molar-refractivity contribution is 6.32. The lowest BCUT2D eigenvalue weighted by Crippen LogP contribution is -2.65. The average molecular weight is 562 g/mol. The zero-order valence-electron chi connectivity index (χ0n) is 22.8. The molecule has 3 aliphatic rings. The summed E-state index contributed by atoms with van der Waals surface area (Å²) in [5.74, 6) is -6.83. The highest BCUT2D eigenvalue weighted by Crippen LogP contribution is 2.53. The third-order valence-electron chi connectivity index (χ3n) is 8.72. The third kappa shape index (κ3) is 4.25. The molecule has 1 aromatic carbocycles. The van der Waals surface area contributed by atoms with Crippen molar-refractivity contribution < 1.29 is 34.8 Å². The van der Waals surface area contributed by atoms with Crippen LogP contribution in [0.15, 0.2) is 23.0 Å². The summed E-state index contributed by atoms with van der Waals surface area (Å²) < 4.78 is 0. The van der Waals surface area contributed by atoms with Crippen molar-refractivity contribution in [3.63, 3.8) is 0 Å². The Balaban J connectivity index is 1.88. The average Bonchev–Trinajstić information content (AvgIpc) is 2.86. The number of nitrogens with two attached hydrogens (primary N) is 1. The van der Waals surface area contributed by atoms with Crippen molar-refractivity contribution in [2.45, 2.75) is 64.3 Å². The number of primary amides is 1. The Bertz CT molecular complexity index is 1320.